The van der Waals surface area contributed by atoms with Gasteiger partial charge in [0.05, 0.1) is 28.2 Å². The molecular formula is C22H15ClF3N3O2S. The van der Waals surface area contributed by atoms with E-state index in [1.807, 2.05) is 0 Å². The average molecular weight is 478 g/mol. The van der Waals surface area contributed by atoms with Gasteiger partial charge in [-0.2, -0.15) is 18.3 Å². The Bertz CT molecular complexity index is 1360. The molecule has 1 aromatic heterocycles. The van der Waals surface area contributed by atoms with Crippen LogP contribution in [0, 0.1) is 0 Å². The number of rotatable bonds is 5. The molecular weight excluding hydrogens is 463 g/mol. The average Bonchev–Trinajstić information content (AvgIpc) is 3.22. The van der Waals surface area contributed by atoms with E-state index in [1.54, 1.807) is 60.7 Å². The zero-order chi connectivity index (χ0) is 22.9. The third kappa shape index (κ3) is 4.49. The molecule has 5 nitrogen and oxygen atoms in total. The van der Waals surface area contributed by atoms with Crippen molar-refractivity contribution in [2.24, 2.45) is 0 Å². The lowest BCUT2D eigenvalue weighted by Gasteiger charge is -2.13. The predicted octanol–water partition coefficient (Wildman–Crippen LogP) is 6.01. The lowest BCUT2D eigenvalue weighted by atomic mass is 10.2. The van der Waals surface area contributed by atoms with Gasteiger partial charge in [0.25, 0.3) is 10.0 Å². The smallest absolute Gasteiger partial charge is 0.278 e. The molecule has 0 spiro atoms. The van der Waals surface area contributed by atoms with Crippen LogP contribution in [-0.4, -0.2) is 18.2 Å². The highest BCUT2D eigenvalue weighted by Gasteiger charge is 2.32. The Labute approximate surface area is 187 Å². The van der Waals surface area contributed by atoms with Crippen molar-refractivity contribution in [1.82, 2.24) is 9.78 Å². The Morgan fingerprint density at radius 3 is 2.16 bits per heavy atom. The second-order valence-electron chi connectivity index (χ2n) is 6.79. The number of aromatic nitrogens is 2. The van der Waals surface area contributed by atoms with Crippen molar-refractivity contribution >= 4 is 27.3 Å². The van der Waals surface area contributed by atoms with E-state index < -0.39 is 21.8 Å². The Morgan fingerprint density at radius 1 is 0.906 bits per heavy atom. The van der Waals surface area contributed by atoms with Crippen LogP contribution in [0.1, 0.15) is 5.56 Å². The zero-order valence-electron chi connectivity index (χ0n) is 16.2. The molecule has 4 rings (SSSR count). The van der Waals surface area contributed by atoms with Crippen LogP contribution >= 0.6 is 11.6 Å². The lowest BCUT2D eigenvalue weighted by Crippen LogP contribution is -2.15. The van der Waals surface area contributed by atoms with Crippen LogP contribution in [0.25, 0.3) is 16.9 Å². The number of halogens is 4. The highest BCUT2D eigenvalue weighted by atomic mass is 35.5. The molecule has 0 aliphatic carbocycles. The summed E-state index contributed by atoms with van der Waals surface area (Å²) in [6.45, 7) is 0. The molecule has 0 aliphatic heterocycles. The summed E-state index contributed by atoms with van der Waals surface area (Å²) in [6.07, 6.45) is -3.35. The summed E-state index contributed by atoms with van der Waals surface area (Å²) in [5.74, 6) is 0. The molecule has 0 radical (unpaired) electrons. The normalized spacial score (nSPS) is 12.0. The number of sulfonamides is 1. The van der Waals surface area contributed by atoms with Crippen molar-refractivity contribution in [3.8, 4) is 16.9 Å². The number of hydrogen-bond acceptors (Lipinski definition) is 3. The monoisotopic (exact) mass is 477 g/mol. The van der Waals surface area contributed by atoms with Gasteiger partial charge in [0, 0.05) is 5.56 Å². The van der Waals surface area contributed by atoms with Crippen molar-refractivity contribution in [1.29, 1.82) is 0 Å². The Balaban J connectivity index is 1.82. The predicted molar refractivity (Wildman–Crippen MR) is 116 cm³/mol. The largest absolute Gasteiger partial charge is 0.416 e. The van der Waals surface area contributed by atoms with Crippen LogP contribution in [-0.2, 0) is 16.2 Å². The topological polar surface area (TPSA) is 64.0 Å². The summed E-state index contributed by atoms with van der Waals surface area (Å²) in [4.78, 5) is -0.207. The number of anilines is 1. The molecule has 164 valence electrons. The molecule has 0 amide bonds. The number of nitrogens with one attached hydrogen (secondary N) is 1. The van der Waals surface area contributed by atoms with E-state index in [2.05, 4.69) is 9.82 Å². The second kappa shape index (κ2) is 8.33. The summed E-state index contributed by atoms with van der Waals surface area (Å²) < 4.78 is 69.4. The molecule has 3 aromatic carbocycles. The summed E-state index contributed by atoms with van der Waals surface area (Å²) in [6, 6.07) is 19.9. The molecule has 0 saturated carbocycles. The van der Waals surface area contributed by atoms with Crippen LogP contribution < -0.4 is 4.72 Å². The SMILES string of the molecule is O=S(=O)(Nc1cc(C(F)(F)F)ccc1Cl)c1cn(-c2ccccc2)nc1-c1ccccc1. The van der Waals surface area contributed by atoms with Crippen molar-refractivity contribution in [2.45, 2.75) is 11.1 Å². The Hall–Kier alpha value is -3.30. The first-order chi connectivity index (χ1) is 15.1. The fourth-order valence-electron chi connectivity index (χ4n) is 3.04. The highest BCUT2D eigenvalue weighted by molar-refractivity contribution is 7.92. The molecule has 4 aromatic rings. The Kier molecular flexibility index (Phi) is 5.70. The van der Waals surface area contributed by atoms with Crippen molar-refractivity contribution in [2.75, 3.05) is 4.72 Å². The van der Waals surface area contributed by atoms with Gasteiger partial charge in [-0.3, -0.25) is 4.72 Å². The second-order valence-corrected chi connectivity index (χ2v) is 8.84. The molecule has 1 heterocycles. The van der Waals surface area contributed by atoms with Crippen molar-refractivity contribution in [3.05, 3.63) is 95.6 Å². The minimum absolute atomic E-state index is 0.144. The highest BCUT2D eigenvalue weighted by Crippen LogP contribution is 2.35. The summed E-state index contributed by atoms with van der Waals surface area (Å²) >= 11 is 5.98. The van der Waals surface area contributed by atoms with Gasteiger partial charge in [-0.15, -0.1) is 0 Å². The Morgan fingerprint density at radius 2 is 1.53 bits per heavy atom. The van der Waals surface area contributed by atoms with Crippen LogP contribution in [0.3, 0.4) is 0 Å². The van der Waals surface area contributed by atoms with Crippen LogP contribution in [0.15, 0.2) is 90.0 Å². The lowest BCUT2D eigenvalue weighted by molar-refractivity contribution is -0.137. The molecule has 0 bridgehead atoms. The number of hydrogen-bond donors (Lipinski definition) is 1. The van der Waals surface area contributed by atoms with Gasteiger partial charge in [0.1, 0.15) is 10.6 Å². The molecule has 0 fully saturated rings. The summed E-state index contributed by atoms with van der Waals surface area (Å²) in [5, 5.41) is 4.25. The number of nitrogens with zero attached hydrogens (tertiary/aromatic N) is 2. The van der Waals surface area contributed by atoms with Gasteiger partial charge >= 0.3 is 6.18 Å². The third-order valence-corrected chi connectivity index (χ3v) is 6.27. The molecule has 0 saturated heterocycles. The van der Waals surface area contributed by atoms with E-state index in [4.69, 9.17) is 11.6 Å². The van der Waals surface area contributed by atoms with Crippen LogP contribution in [0.4, 0.5) is 18.9 Å². The van der Waals surface area contributed by atoms with Crippen molar-refractivity contribution < 1.29 is 21.6 Å². The quantitative estimate of drug-likeness (QED) is 0.382. The van der Waals surface area contributed by atoms with Gasteiger partial charge in [0.2, 0.25) is 0 Å². The first kappa shape index (κ1) is 21.9. The van der Waals surface area contributed by atoms with E-state index >= 15 is 0 Å². The van der Waals surface area contributed by atoms with Gasteiger partial charge in [-0.25, -0.2) is 13.1 Å². The molecule has 0 unspecified atom stereocenters. The maximum absolute atomic E-state index is 13.2. The molecule has 10 heteroatoms. The first-order valence-electron chi connectivity index (χ1n) is 9.25. The molecule has 1 N–H and O–H groups in total. The van der Waals surface area contributed by atoms with E-state index in [-0.39, 0.29) is 21.3 Å². The summed E-state index contributed by atoms with van der Waals surface area (Å²) in [7, 11) is -4.35. The minimum atomic E-state index is -4.65. The fourth-order valence-corrected chi connectivity index (χ4v) is 4.48. The molecule has 32 heavy (non-hydrogen) atoms. The van der Waals surface area contributed by atoms with E-state index in [1.165, 1.54) is 10.9 Å². The number of para-hydroxylation sites is 1. The van der Waals surface area contributed by atoms with Crippen LogP contribution in [0.5, 0.6) is 0 Å². The van der Waals surface area contributed by atoms with Gasteiger partial charge < -0.3 is 0 Å². The minimum Gasteiger partial charge on any atom is -0.278 e. The number of alkyl halides is 3. The van der Waals surface area contributed by atoms with Gasteiger partial charge in [-0.05, 0) is 30.3 Å². The molecule has 0 aliphatic rings. The van der Waals surface area contributed by atoms with E-state index in [9.17, 15) is 21.6 Å². The maximum atomic E-state index is 13.2. The van der Waals surface area contributed by atoms with Crippen molar-refractivity contribution in [3.63, 3.8) is 0 Å². The van der Waals surface area contributed by atoms with Gasteiger partial charge in [0.15, 0.2) is 0 Å². The standard InChI is InChI=1S/C22H15ClF3N3O2S/c23-18-12-11-16(22(24,25)26)13-19(18)28-32(30,31)20-14-29(17-9-5-2-6-10-17)27-21(20)15-7-3-1-4-8-15/h1-14,28H. The van der Waals surface area contributed by atoms with E-state index in [0.29, 0.717) is 17.3 Å². The van der Waals surface area contributed by atoms with Gasteiger partial charge in [-0.1, -0.05) is 60.1 Å². The maximum Gasteiger partial charge on any atom is 0.416 e. The summed E-state index contributed by atoms with van der Waals surface area (Å²) in [5.41, 5.74) is -0.123. The van der Waals surface area contributed by atoms with Crippen LogP contribution in [0.2, 0.25) is 5.02 Å². The number of benzene rings is 3. The zero-order valence-corrected chi connectivity index (χ0v) is 17.8. The third-order valence-electron chi connectivity index (χ3n) is 4.58. The fraction of sp³-hybridized carbons (Fsp3) is 0.0455. The van der Waals surface area contributed by atoms with E-state index in [0.717, 1.165) is 12.1 Å². The molecule has 0 atom stereocenters. The first-order valence-corrected chi connectivity index (χ1v) is 11.1.